The molecule has 0 radical (unpaired) electrons. The second-order valence-corrected chi connectivity index (χ2v) is 15.2. The number of thiazole rings is 1. The van der Waals surface area contributed by atoms with E-state index in [-0.39, 0.29) is 36.9 Å². The zero-order valence-corrected chi connectivity index (χ0v) is 29.7. The lowest BCUT2D eigenvalue weighted by molar-refractivity contribution is -0.145. The van der Waals surface area contributed by atoms with Crippen LogP contribution in [0.15, 0.2) is 35.8 Å². The molecule has 7 rings (SSSR count). The summed E-state index contributed by atoms with van der Waals surface area (Å²) in [6.45, 7) is 0.108. The average Bonchev–Trinajstić information content (AvgIpc) is 3.77. The Balaban J connectivity index is 1.21. The van der Waals surface area contributed by atoms with Gasteiger partial charge in [-0.2, -0.15) is 9.90 Å². The Hall–Kier alpha value is -4.53. The molecule has 0 bridgehead atoms. The van der Waals surface area contributed by atoms with Gasteiger partial charge < -0.3 is 30.7 Å². The fraction of sp³-hybridized carbons (Fsp3) is 0.583. The number of urea groups is 1. The molecule has 1 aromatic carbocycles. The van der Waals surface area contributed by atoms with E-state index >= 15 is 0 Å². The van der Waals surface area contributed by atoms with Crippen molar-refractivity contribution in [3.05, 3.63) is 35.8 Å². The van der Waals surface area contributed by atoms with Crippen LogP contribution in [0.3, 0.4) is 0 Å². The normalized spacial score (nSPS) is 27.4. The number of fused-ring (bicyclic) bond motifs is 2. The molecule has 2 aliphatic heterocycles. The monoisotopic (exact) mass is 718 g/mol. The van der Waals surface area contributed by atoms with Crippen molar-refractivity contribution in [2.45, 2.75) is 113 Å². The van der Waals surface area contributed by atoms with Gasteiger partial charge in [-0.1, -0.05) is 44.9 Å². The fourth-order valence-electron chi connectivity index (χ4n) is 8.02. The van der Waals surface area contributed by atoms with E-state index in [1.54, 1.807) is 18.1 Å². The van der Waals surface area contributed by atoms with Crippen molar-refractivity contribution in [2.24, 2.45) is 5.92 Å². The topological polar surface area (TPSA) is 181 Å². The predicted octanol–water partition coefficient (Wildman–Crippen LogP) is 4.53. The van der Waals surface area contributed by atoms with Crippen LogP contribution in [-0.2, 0) is 14.4 Å². The summed E-state index contributed by atoms with van der Waals surface area (Å²) in [5, 5.41) is 31.5. The van der Waals surface area contributed by atoms with E-state index in [0.29, 0.717) is 35.0 Å². The first-order valence-electron chi connectivity index (χ1n) is 18.2. The lowest BCUT2D eigenvalue weighted by Crippen LogP contribution is -2.57. The van der Waals surface area contributed by atoms with Crippen LogP contribution in [0, 0.1) is 5.92 Å². The van der Waals surface area contributed by atoms with Gasteiger partial charge in [-0.15, -0.1) is 16.4 Å². The quantitative estimate of drug-likeness (QED) is 0.273. The number of aromatic nitrogens is 4. The molecule has 2 aliphatic carbocycles. The molecule has 4 fully saturated rings. The van der Waals surface area contributed by atoms with Crippen molar-refractivity contribution in [3.63, 3.8) is 0 Å². The molecule has 15 heteroatoms. The molecule has 272 valence electrons. The number of hydrogen-bond acceptors (Lipinski definition) is 9. The summed E-state index contributed by atoms with van der Waals surface area (Å²) in [7, 11) is 1.60. The van der Waals surface area contributed by atoms with Crippen LogP contribution in [0.5, 0.6) is 5.75 Å². The number of hydrogen-bond donors (Lipinski definition) is 4. The Morgan fingerprint density at radius 3 is 2.37 bits per heavy atom. The minimum absolute atomic E-state index is 0.0774. The van der Waals surface area contributed by atoms with Crippen LogP contribution in [0.4, 0.5) is 4.79 Å². The molecule has 5 atom stereocenters. The third-order valence-corrected chi connectivity index (χ3v) is 11.8. The summed E-state index contributed by atoms with van der Waals surface area (Å²) in [5.74, 6) is -1.38. The minimum atomic E-state index is -1.34. The molecular weight excluding hydrogens is 673 g/mol. The smallest absolute Gasteiger partial charge is 0.329 e. The first-order valence-corrected chi connectivity index (χ1v) is 19.1. The predicted molar refractivity (Wildman–Crippen MR) is 189 cm³/mol. The summed E-state index contributed by atoms with van der Waals surface area (Å²) in [4.78, 5) is 62.0. The average molecular weight is 719 g/mol. The SMILES string of the molecule is COc1ccc(-c2nn([C@@H]3C[C@H]4C(=O)N[C@@]5(C(=O)O)C[C@@H]5CCCCCCC[C@@H](NC(=O)NC5CCCC5)C(=O)N4C3)nc2-c2nccs2)cc1. The van der Waals surface area contributed by atoms with Gasteiger partial charge in [0.05, 0.1) is 13.2 Å². The summed E-state index contributed by atoms with van der Waals surface area (Å²) in [6.07, 6.45) is 11.7. The highest BCUT2D eigenvalue weighted by Gasteiger charge is 2.62. The number of nitrogens with zero attached hydrogens (tertiary/aromatic N) is 5. The van der Waals surface area contributed by atoms with Crippen molar-refractivity contribution >= 4 is 35.2 Å². The van der Waals surface area contributed by atoms with Gasteiger partial charge in [-0.3, -0.25) is 9.59 Å². The standard InChI is InChI=1S/C36H46N8O6S/c1-50-26-15-13-22(14-16-26)29-30(32-37-17-18-51-32)42-44(41-29)25-19-28-31(45)40-36(34(47)48)20-23(36)9-5-3-2-4-6-12-27(33(46)43(28)21-25)39-35(49)38-24-10-7-8-11-24/h13-18,23-25,27-28H,2-12,19-21H2,1H3,(H,40,45)(H,47,48)(H2,38,39,49)/t23-,25+,27+,28-,36-/m0/s1. The molecule has 2 saturated heterocycles. The van der Waals surface area contributed by atoms with Crippen molar-refractivity contribution in [1.29, 1.82) is 0 Å². The van der Waals surface area contributed by atoms with E-state index in [4.69, 9.17) is 14.9 Å². The third-order valence-electron chi connectivity index (χ3n) is 11.0. The molecule has 14 nitrogen and oxygen atoms in total. The summed E-state index contributed by atoms with van der Waals surface area (Å²) in [5.41, 5.74) is 0.632. The Labute approximate surface area is 300 Å². The second kappa shape index (κ2) is 15.0. The van der Waals surface area contributed by atoms with Gasteiger partial charge in [0, 0.05) is 36.1 Å². The zero-order valence-electron chi connectivity index (χ0n) is 28.9. The van der Waals surface area contributed by atoms with Crippen molar-refractivity contribution < 1.29 is 29.0 Å². The van der Waals surface area contributed by atoms with Crippen LogP contribution in [0.2, 0.25) is 0 Å². The Bertz CT molecular complexity index is 1730. The number of carboxylic acids is 1. The first-order chi connectivity index (χ1) is 24.8. The van der Waals surface area contributed by atoms with Crippen molar-refractivity contribution in [3.8, 4) is 27.7 Å². The first kappa shape index (κ1) is 34.9. The third kappa shape index (κ3) is 7.44. The van der Waals surface area contributed by atoms with E-state index < -0.39 is 35.5 Å². The number of amides is 4. The molecule has 51 heavy (non-hydrogen) atoms. The van der Waals surface area contributed by atoms with Gasteiger partial charge >= 0.3 is 12.0 Å². The highest BCUT2D eigenvalue weighted by Crippen LogP contribution is 2.48. The molecular formula is C36H46N8O6S. The molecule has 4 heterocycles. The van der Waals surface area contributed by atoms with E-state index in [0.717, 1.165) is 69.8 Å². The number of methoxy groups -OCH3 is 1. The number of nitrogens with one attached hydrogen (secondary N) is 3. The largest absolute Gasteiger partial charge is 0.497 e. The maximum Gasteiger partial charge on any atom is 0.329 e. The van der Waals surface area contributed by atoms with Gasteiger partial charge in [0.2, 0.25) is 11.8 Å². The van der Waals surface area contributed by atoms with E-state index in [2.05, 4.69) is 20.9 Å². The van der Waals surface area contributed by atoms with Crippen LogP contribution in [0.1, 0.15) is 89.5 Å². The number of carbonyl (C=O) groups is 4. The molecule has 2 aromatic heterocycles. The van der Waals surface area contributed by atoms with Gasteiger partial charge in [0.25, 0.3) is 0 Å². The van der Waals surface area contributed by atoms with Crippen molar-refractivity contribution in [2.75, 3.05) is 13.7 Å². The van der Waals surface area contributed by atoms with E-state index in [9.17, 15) is 24.3 Å². The maximum absolute atomic E-state index is 14.5. The van der Waals surface area contributed by atoms with Gasteiger partial charge in [0.1, 0.15) is 39.8 Å². The number of aliphatic carboxylic acids is 1. The molecule has 0 spiro atoms. The summed E-state index contributed by atoms with van der Waals surface area (Å²) < 4.78 is 5.35. The van der Waals surface area contributed by atoms with Crippen molar-refractivity contribution in [1.82, 2.24) is 40.8 Å². The van der Waals surface area contributed by atoms with Crippen LogP contribution in [0.25, 0.3) is 22.0 Å². The second-order valence-electron chi connectivity index (χ2n) is 14.3. The molecule has 4 amide bonds. The number of benzene rings is 1. The number of carbonyl (C=O) groups excluding carboxylic acids is 3. The zero-order chi connectivity index (χ0) is 35.5. The van der Waals surface area contributed by atoms with Gasteiger partial charge in [-0.25, -0.2) is 14.6 Å². The molecule has 3 aromatic rings. The maximum atomic E-state index is 14.5. The molecule has 2 saturated carbocycles. The Morgan fingerprint density at radius 2 is 1.67 bits per heavy atom. The number of ether oxygens (including phenoxy) is 1. The summed E-state index contributed by atoms with van der Waals surface area (Å²) in [6, 6.07) is 4.83. The number of rotatable bonds is 7. The molecule has 4 aliphatic rings. The van der Waals surface area contributed by atoms with Gasteiger partial charge in [-0.05, 0) is 62.3 Å². The Morgan fingerprint density at radius 1 is 0.961 bits per heavy atom. The highest BCUT2D eigenvalue weighted by atomic mass is 32.1. The molecule has 4 N–H and O–H groups in total. The minimum Gasteiger partial charge on any atom is -0.497 e. The van der Waals surface area contributed by atoms with Crippen LogP contribution in [-0.4, -0.2) is 91.1 Å². The fourth-order valence-corrected chi connectivity index (χ4v) is 8.64. The van der Waals surface area contributed by atoms with Crippen LogP contribution >= 0.6 is 11.3 Å². The van der Waals surface area contributed by atoms with Crippen LogP contribution < -0.4 is 20.7 Å². The lowest BCUT2D eigenvalue weighted by atomic mass is 10.0. The Kier molecular flexibility index (Phi) is 10.3. The molecule has 0 unspecified atom stereocenters. The van der Waals surface area contributed by atoms with E-state index in [1.807, 2.05) is 29.6 Å². The summed E-state index contributed by atoms with van der Waals surface area (Å²) >= 11 is 1.43. The van der Waals surface area contributed by atoms with E-state index in [1.165, 1.54) is 16.2 Å². The highest BCUT2D eigenvalue weighted by molar-refractivity contribution is 7.13. The lowest BCUT2D eigenvalue weighted by Gasteiger charge is -2.30. The number of carboxylic acid groups (broad SMARTS) is 1. The van der Waals surface area contributed by atoms with Gasteiger partial charge in [0.15, 0.2) is 0 Å².